The van der Waals surface area contributed by atoms with E-state index in [0.29, 0.717) is 13.2 Å². The average molecular weight is 369 g/mol. The molecule has 24 heavy (non-hydrogen) atoms. The summed E-state index contributed by atoms with van der Waals surface area (Å²) >= 11 is 2.89. The number of carbonyl (C=O) groups excluding carboxylic acids is 2. The first-order valence-corrected chi connectivity index (χ1v) is 9.08. The minimum atomic E-state index is -0.460. The molecule has 0 atom stereocenters. The van der Waals surface area contributed by atoms with Crippen LogP contribution in [0.1, 0.15) is 10.4 Å². The van der Waals surface area contributed by atoms with Crippen molar-refractivity contribution in [2.45, 2.75) is 18.9 Å². The Labute approximate surface area is 148 Å². The molecule has 1 N–H and O–H groups in total. The van der Waals surface area contributed by atoms with Crippen molar-refractivity contribution in [2.75, 3.05) is 32.6 Å². The Hall–Kier alpha value is -1.71. The maximum absolute atomic E-state index is 11.8. The van der Waals surface area contributed by atoms with Gasteiger partial charge < -0.3 is 14.8 Å². The second-order valence-corrected chi connectivity index (χ2v) is 7.10. The number of thioether (sulfide) groups is 1. The van der Waals surface area contributed by atoms with Crippen LogP contribution in [-0.2, 0) is 19.1 Å². The van der Waals surface area contributed by atoms with Crippen LogP contribution in [0.3, 0.4) is 0 Å². The Kier molecular flexibility index (Phi) is 6.95. The highest BCUT2D eigenvalue weighted by Gasteiger charge is 2.14. The van der Waals surface area contributed by atoms with E-state index in [2.05, 4.69) is 15.3 Å². The lowest BCUT2D eigenvalue weighted by Gasteiger charge is -2.06. The van der Waals surface area contributed by atoms with E-state index in [1.807, 2.05) is 13.8 Å². The van der Waals surface area contributed by atoms with Gasteiger partial charge in [0.2, 0.25) is 0 Å². The summed E-state index contributed by atoms with van der Waals surface area (Å²) in [6, 6.07) is 0. The van der Waals surface area contributed by atoms with Gasteiger partial charge >= 0.3 is 5.97 Å². The molecular weight excluding hydrogens is 350 g/mol. The topological polar surface area (TPSA) is 90.4 Å². The standard InChI is InChI=1S/C15H19N3O4S2/c1-9-10(2)24-15-13(9)14(17-8-18-15)23-7-12(20)22-6-11(19)16-4-5-21-3/h8H,4-7H2,1-3H3,(H,16,19). The van der Waals surface area contributed by atoms with Crippen molar-refractivity contribution in [3.63, 3.8) is 0 Å². The molecule has 1 amide bonds. The summed E-state index contributed by atoms with van der Waals surface area (Å²) in [4.78, 5) is 33.8. The minimum absolute atomic E-state index is 0.0891. The summed E-state index contributed by atoms with van der Waals surface area (Å²) < 4.78 is 9.77. The van der Waals surface area contributed by atoms with Crippen molar-refractivity contribution >= 4 is 45.2 Å². The number of amides is 1. The van der Waals surface area contributed by atoms with Gasteiger partial charge in [0.1, 0.15) is 16.2 Å². The fourth-order valence-corrected chi connectivity index (χ4v) is 3.83. The monoisotopic (exact) mass is 369 g/mol. The predicted octanol–water partition coefficient (Wildman–Crippen LogP) is 1.71. The maximum atomic E-state index is 11.8. The van der Waals surface area contributed by atoms with Crippen LogP contribution in [0, 0.1) is 13.8 Å². The van der Waals surface area contributed by atoms with E-state index in [1.165, 1.54) is 23.0 Å². The number of nitrogens with one attached hydrogen (secondary N) is 1. The number of aromatic nitrogens is 2. The van der Waals surface area contributed by atoms with Gasteiger partial charge in [-0.05, 0) is 19.4 Å². The van der Waals surface area contributed by atoms with Crippen LogP contribution in [0.2, 0.25) is 0 Å². The Morgan fingerprint density at radius 3 is 2.88 bits per heavy atom. The smallest absolute Gasteiger partial charge is 0.316 e. The number of hydrogen-bond acceptors (Lipinski definition) is 8. The zero-order valence-corrected chi connectivity index (χ0v) is 15.4. The molecule has 0 aromatic carbocycles. The highest BCUT2D eigenvalue weighted by molar-refractivity contribution is 8.00. The first-order valence-electron chi connectivity index (χ1n) is 7.27. The number of fused-ring (bicyclic) bond motifs is 1. The van der Waals surface area contributed by atoms with Crippen LogP contribution >= 0.6 is 23.1 Å². The molecule has 0 aliphatic rings. The normalized spacial score (nSPS) is 10.8. The van der Waals surface area contributed by atoms with E-state index >= 15 is 0 Å². The molecule has 2 aromatic rings. The largest absolute Gasteiger partial charge is 0.455 e. The number of carbonyl (C=O) groups is 2. The quantitative estimate of drug-likeness (QED) is 0.328. The number of thiophene rings is 1. The third-order valence-electron chi connectivity index (χ3n) is 3.25. The third kappa shape index (κ3) is 4.89. The molecule has 2 heterocycles. The number of esters is 1. The summed E-state index contributed by atoms with van der Waals surface area (Å²) in [7, 11) is 1.55. The van der Waals surface area contributed by atoms with Crippen molar-refractivity contribution in [1.82, 2.24) is 15.3 Å². The molecule has 0 spiro atoms. The van der Waals surface area contributed by atoms with Crippen LogP contribution in [0.4, 0.5) is 0 Å². The van der Waals surface area contributed by atoms with Gasteiger partial charge in [-0.2, -0.15) is 0 Å². The number of rotatable bonds is 8. The number of nitrogens with zero attached hydrogens (tertiary/aromatic N) is 2. The summed E-state index contributed by atoms with van der Waals surface area (Å²) in [6.45, 7) is 4.56. The second kappa shape index (κ2) is 8.95. The second-order valence-electron chi connectivity index (χ2n) is 4.93. The van der Waals surface area contributed by atoms with E-state index in [9.17, 15) is 9.59 Å². The summed E-state index contributed by atoms with van der Waals surface area (Å²) in [6.07, 6.45) is 1.49. The maximum Gasteiger partial charge on any atom is 0.316 e. The van der Waals surface area contributed by atoms with Crippen LogP contribution in [-0.4, -0.2) is 54.5 Å². The van der Waals surface area contributed by atoms with E-state index < -0.39 is 5.97 Å². The number of hydrogen-bond donors (Lipinski definition) is 1. The number of aryl methyl sites for hydroxylation is 2. The lowest BCUT2D eigenvalue weighted by molar-refractivity contribution is -0.145. The Morgan fingerprint density at radius 1 is 1.33 bits per heavy atom. The first-order chi connectivity index (χ1) is 11.5. The Morgan fingerprint density at radius 2 is 2.12 bits per heavy atom. The number of ether oxygens (including phenoxy) is 2. The van der Waals surface area contributed by atoms with Gasteiger partial charge in [-0.1, -0.05) is 11.8 Å². The molecule has 0 fully saturated rings. The highest BCUT2D eigenvalue weighted by atomic mass is 32.2. The molecular formula is C15H19N3O4S2. The van der Waals surface area contributed by atoms with E-state index in [1.54, 1.807) is 18.4 Å². The van der Waals surface area contributed by atoms with Crippen LogP contribution in [0.15, 0.2) is 11.4 Å². The molecule has 130 valence electrons. The molecule has 0 aliphatic heterocycles. The fourth-order valence-electron chi connectivity index (χ4n) is 1.92. The van der Waals surface area contributed by atoms with Gasteiger partial charge in [0.15, 0.2) is 6.61 Å². The number of methoxy groups -OCH3 is 1. The molecule has 0 bridgehead atoms. The minimum Gasteiger partial charge on any atom is -0.455 e. The van der Waals surface area contributed by atoms with Gasteiger partial charge in [-0.25, -0.2) is 9.97 Å². The Bertz CT molecular complexity index is 733. The summed E-state index contributed by atoms with van der Waals surface area (Å²) in [5, 5.41) is 4.31. The molecule has 2 aromatic heterocycles. The van der Waals surface area contributed by atoms with E-state index in [0.717, 1.165) is 20.8 Å². The van der Waals surface area contributed by atoms with Gasteiger partial charge in [0, 0.05) is 23.9 Å². The van der Waals surface area contributed by atoms with Gasteiger partial charge in [0.05, 0.1) is 12.4 Å². The van der Waals surface area contributed by atoms with Crippen molar-refractivity contribution in [3.8, 4) is 0 Å². The van der Waals surface area contributed by atoms with E-state index in [4.69, 9.17) is 9.47 Å². The van der Waals surface area contributed by atoms with Gasteiger partial charge in [-0.3, -0.25) is 9.59 Å². The van der Waals surface area contributed by atoms with E-state index in [-0.39, 0.29) is 18.3 Å². The molecule has 0 unspecified atom stereocenters. The van der Waals surface area contributed by atoms with Crippen molar-refractivity contribution in [2.24, 2.45) is 0 Å². The van der Waals surface area contributed by atoms with Gasteiger partial charge in [0.25, 0.3) is 5.91 Å². The van der Waals surface area contributed by atoms with Crippen molar-refractivity contribution in [3.05, 3.63) is 16.8 Å². The third-order valence-corrected chi connectivity index (χ3v) is 5.33. The average Bonchev–Trinajstić information content (AvgIpc) is 2.86. The van der Waals surface area contributed by atoms with Gasteiger partial charge in [-0.15, -0.1) is 11.3 Å². The molecule has 0 radical (unpaired) electrons. The summed E-state index contributed by atoms with van der Waals surface area (Å²) in [5.74, 6) is -0.719. The van der Waals surface area contributed by atoms with Crippen LogP contribution in [0.5, 0.6) is 0 Å². The molecule has 0 saturated carbocycles. The highest BCUT2D eigenvalue weighted by Crippen LogP contribution is 2.34. The first kappa shape index (κ1) is 18.6. The van der Waals surface area contributed by atoms with Crippen LogP contribution < -0.4 is 5.32 Å². The van der Waals surface area contributed by atoms with Crippen molar-refractivity contribution in [1.29, 1.82) is 0 Å². The molecule has 2 rings (SSSR count). The SMILES string of the molecule is COCCNC(=O)COC(=O)CSc1ncnc2sc(C)c(C)c12. The van der Waals surface area contributed by atoms with Crippen molar-refractivity contribution < 1.29 is 19.1 Å². The summed E-state index contributed by atoms with van der Waals surface area (Å²) in [5.41, 5.74) is 1.13. The predicted molar refractivity (Wildman–Crippen MR) is 93.5 cm³/mol. The molecule has 0 aliphatic carbocycles. The lowest BCUT2D eigenvalue weighted by Crippen LogP contribution is -2.31. The molecule has 7 nitrogen and oxygen atoms in total. The fraction of sp³-hybridized carbons (Fsp3) is 0.467. The lowest BCUT2D eigenvalue weighted by atomic mass is 10.2. The molecule has 0 saturated heterocycles. The Balaban J connectivity index is 1.85. The zero-order chi connectivity index (χ0) is 17.5. The molecule has 9 heteroatoms. The zero-order valence-electron chi connectivity index (χ0n) is 13.7. The van der Waals surface area contributed by atoms with Crippen LogP contribution in [0.25, 0.3) is 10.2 Å².